The zero-order chi connectivity index (χ0) is 19.3. The number of rotatable bonds is 6. The summed E-state index contributed by atoms with van der Waals surface area (Å²) in [5.74, 6) is 0.473. The molecule has 3 aliphatic rings. The third-order valence-electron chi connectivity index (χ3n) is 5.62. The number of carbonyl (C=O) groups excluding carboxylic acids is 1. The van der Waals surface area contributed by atoms with Gasteiger partial charge in [0.05, 0.1) is 18.8 Å². The molecule has 0 saturated heterocycles. The second-order valence-electron chi connectivity index (χ2n) is 7.55. The minimum Gasteiger partial charge on any atom is -0.478 e. The quantitative estimate of drug-likeness (QED) is 0.792. The maximum absolute atomic E-state index is 12.9. The fourth-order valence-electron chi connectivity index (χ4n) is 4.02. The zero-order valence-electron chi connectivity index (χ0n) is 15.3. The third-order valence-corrected chi connectivity index (χ3v) is 6.91. The van der Waals surface area contributed by atoms with E-state index in [1.807, 2.05) is 0 Å². The number of ketones is 1. The Morgan fingerprint density at radius 2 is 2.00 bits per heavy atom. The van der Waals surface area contributed by atoms with Crippen molar-refractivity contribution >= 4 is 23.1 Å². The van der Waals surface area contributed by atoms with Gasteiger partial charge in [0.15, 0.2) is 11.6 Å². The second-order valence-corrected chi connectivity index (χ2v) is 8.74. The summed E-state index contributed by atoms with van der Waals surface area (Å²) in [5, 5.41) is 13.5. The molecular weight excluding hydrogens is 380 g/mol. The van der Waals surface area contributed by atoms with Gasteiger partial charge in [-0.3, -0.25) is 4.79 Å². The Hall–Kier alpha value is -2.32. The smallest absolute Gasteiger partial charge is 0.331 e. The van der Waals surface area contributed by atoms with E-state index >= 15 is 0 Å². The summed E-state index contributed by atoms with van der Waals surface area (Å²) in [4.78, 5) is 31.0. The van der Waals surface area contributed by atoms with Gasteiger partial charge >= 0.3 is 5.97 Å². The van der Waals surface area contributed by atoms with Crippen molar-refractivity contribution in [1.29, 1.82) is 0 Å². The lowest BCUT2D eigenvalue weighted by Gasteiger charge is -2.12. The van der Waals surface area contributed by atoms with E-state index in [9.17, 15) is 14.7 Å². The number of hydrogen-bond acceptors (Lipinski definition) is 7. The Kier molecular flexibility index (Phi) is 4.40. The fourth-order valence-corrected chi connectivity index (χ4v) is 5.30. The lowest BCUT2D eigenvalue weighted by molar-refractivity contribution is -0.133. The molecular formula is C20H20N2O5S. The van der Waals surface area contributed by atoms with Crippen LogP contribution in [0, 0.1) is 0 Å². The van der Waals surface area contributed by atoms with Crippen molar-refractivity contribution in [2.24, 2.45) is 0 Å². The Bertz CT molecular complexity index is 998. The van der Waals surface area contributed by atoms with E-state index in [1.165, 1.54) is 4.88 Å². The predicted octanol–water partition coefficient (Wildman–Crippen LogP) is 3.42. The summed E-state index contributed by atoms with van der Waals surface area (Å²) in [6, 6.07) is 0. The normalized spacial score (nSPS) is 19.1. The van der Waals surface area contributed by atoms with Gasteiger partial charge in [-0.25, -0.2) is 4.79 Å². The number of aromatic nitrogens is 2. The molecule has 0 radical (unpaired) electrons. The van der Waals surface area contributed by atoms with Gasteiger partial charge in [0.2, 0.25) is 0 Å². The van der Waals surface area contributed by atoms with E-state index in [4.69, 9.17) is 9.26 Å². The lowest BCUT2D eigenvalue weighted by atomic mass is 9.99. The molecule has 28 heavy (non-hydrogen) atoms. The van der Waals surface area contributed by atoms with Gasteiger partial charge in [0.1, 0.15) is 0 Å². The molecule has 1 saturated carbocycles. The van der Waals surface area contributed by atoms with Gasteiger partial charge < -0.3 is 14.4 Å². The highest BCUT2D eigenvalue weighted by atomic mass is 32.1. The molecule has 7 nitrogen and oxygen atoms in total. The molecule has 0 unspecified atom stereocenters. The van der Waals surface area contributed by atoms with Gasteiger partial charge in [-0.1, -0.05) is 5.16 Å². The van der Waals surface area contributed by atoms with Crippen molar-refractivity contribution in [1.82, 2.24) is 10.1 Å². The number of Topliss-reactive ketones (excluding diaryl/α,β-unsaturated/α-hetero) is 1. The molecule has 1 N–H and O–H groups in total. The number of hydrogen-bond donors (Lipinski definition) is 1. The Morgan fingerprint density at radius 1 is 1.18 bits per heavy atom. The SMILES string of the molecule is O=C(O)C1=C(C(=O)Cc2sc3c(c2-c2nc(C4CC4)no2)COCC3)CCC1. The molecule has 2 aliphatic carbocycles. The third kappa shape index (κ3) is 3.10. The maximum atomic E-state index is 12.9. The van der Waals surface area contributed by atoms with E-state index in [2.05, 4.69) is 10.1 Å². The van der Waals surface area contributed by atoms with Gasteiger partial charge in [-0.05, 0) is 32.1 Å². The van der Waals surface area contributed by atoms with Crippen LogP contribution in [0.4, 0.5) is 0 Å². The number of aliphatic carboxylic acids is 1. The number of carbonyl (C=O) groups is 2. The summed E-state index contributed by atoms with van der Waals surface area (Å²) in [6.07, 6.45) is 4.86. The molecule has 0 atom stereocenters. The Morgan fingerprint density at radius 3 is 2.79 bits per heavy atom. The summed E-state index contributed by atoms with van der Waals surface area (Å²) in [5.41, 5.74) is 2.59. The standard InChI is InChI=1S/C20H20N2O5S/c23-14(11-2-1-3-12(11)20(24)25)8-16-17(13-9-26-7-6-15(13)28-16)19-21-18(22-27-19)10-4-5-10/h10H,1-9H2,(H,24,25). The van der Waals surface area contributed by atoms with E-state index < -0.39 is 5.97 Å². The number of carboxylic acid groups (broad SMARTS) is 1. The maximum Gasteiger partial charge on any atom is 0.331 e. The van der Waals surface area contributed by atoms with Crippen LogP contribution in [0.1, 0.15) is 59.2 Å². The number of ether oxygens (including phenoxy) is 1. The van der Waals surface area contributed by atoms with E-state index in [1.54, 1.807) is 11.3 Å². The van der Waals surface area contributed by atoms with Crippen LogP contribution in [-0.4, -0.2) is 33.6 Å². The average molecular weight is 400 g/mol. The van der Waals surface area contributed by atoms with Crippen LogP contribution in [-0.2, 0) is 33.8 Å². The van der Waals surface area contributed by atoms with E-state index in [0.29, 0.717) is 43.4 Å². The molecule has 0 spiro atoms. The topological polar surface area (TPSA) is 103 Å². The first-order chi connectivity index (χ1) is 13.6. The molecule has 1 aliphatic heterocycles. The highest BCUT2D eigenvalue weighted by molar-refractivity contribution is 7.12. The first-order valence-corrected chi connectivity index (χ1v) is 10.5. The van der Waals surface area contributed by atoms with Crippen molar-refractivity contribution in [2.45, 2.75) is 57.5 Å². The molecule has 0 aromatic carbocycles. The number of carboxylic acids is 1. The minimum absolute atomic E-state index is 0.113. The van der Waals surface area contributed by atoms with E-state index in [0.717, 1.165) is 47.5 Å². The molecule has 0 bridgehead atoms. The van der Waals surface area contributed by atoms with Crippen molar-refractivity contribution < 1.29 is 24.0 Å². The van der Waals surface area contributed by atoms with Crippen LogP contribution in [0.2, 0.25) is 0 Å². The highest BCUT2D eigenvalue weighted by Gasteiger charge is 2.33. The van der Waals surface area contributed by atoms with Gasteiger partial charge in [0.25, 0.3) is 5.89 Å². The van der Waals surface area contributed by atoms with Crippen LogP contribution >= 0.6 is 11.3 Å². The average Bonchev–Trinajstić information content (AvgIpc) is 3.10. The number of allylic oxidation sites excluding steroid dienone is 1. The summed E-state index contributed by atoms with van der Waals surface area (Å²) < 4.78 is 11.2. The van der Waals surface area contributed by atoms with Crippen LogP contribution in [0.3, 0.4) is 0 Å². The highest BCUT2D eigenvalue weighted by Crippen LogP contribution is 2.43. The summed E-state index contributed by atoms with van der Waals surface area (Å²) in [7, 11) is 0. The molecule has 2 aromatic rings. The first-order valence-electron chi connectivity index (χ1n) is 9.65. The van der Waals surface area contributed by atoms with Crippen molar-refractivity contribution in [3.05, 3.63) is 32.3 Å². The van der Waals surface area contributed by atoms with Crippen LogP contribution in [0.5, 0.6) is 0 Å². The first kappa shape index (κ1) is 17.8. The molecule has 3 heterocycles. The number of nitrogens with zero attached hydrogens (tertiary/aromatic N) is 2. The Labute approximate surface area is 165 Å². The summed E-state index contributed by atoms with van der Waals surface area (Å²) >= 11 is 1.59. The number of fused-ring (bicyclic) bond motifs is 1. The second kappa shape index (κ2) is 6.93. The van der Waals surface area contributed by atoms with Crippen LogP contribution in [0.15, 0.2) is 15.7 Å². The molecule has 8 heteroatoms. The Balaban J connectivity index is 1.52. The molecule has 5 rings (SSSR count). The predicted molar refractivity (Wildman–Crippen MR) is 100 cm³/mol. The minimum atomic E-state index is -0.981. The van der Waals surface area contributed by atoms with Gasteiger partial charge in [-0.15, -0.1) is 11.3 Å². The van der Waals surface area contributed by atoms with Gasteiger partial charge in [0, 0.05) is 45.2 Å². The lowest BCUT2D eigenvalue weighted by Crippen LogP contribution is -2.10. The molecule has 146 valence electrons. The van der Waals surface area contributed by atoms with Crippen molar-refractivity contribution in [3.63, 3.8) is 0 Å². The summed E-state index contributed by atoms with van der Waals surface area (Å²) in [6.45, 7) is 1.13. The monoisotopic (exact) mass is 400 g/mol. The van der Waals surface area contributed by atoms with Crippen molar-refractivity contribution in [3.8, 4) is 11.5 Å². The number of thiophene rings is 1. The van der Waals surface area contributed by atoms with Crippen LogP contribution in [0.25, 0.3) is 11.5 Å². The van der Waals surface area contributed by atoms with Gasteiger partial charge in [-0.2, -0.15) is 4.98 Å². The van der Waals surface area contributed by atoms with E-state index in [-0.39, 0.29) is 17.8 Å². The van der Waals surface area contributed by atoms with Crippen molar-refractivity contribution in [2.75, 3.05) is 6.61 Å². The fraction of sp³-hybridized carbons (Fsp3) is 0.500. The zero-order valence-corrected chi connectivity index (χ0v) is 16.1. The molecule has 0 amide bonds. The molecule has 1 fully saturated rings. The van der Waals surface area contributed by atoms with Crippen LogP contribution < -0.4 is 0 Å². The molecule has 2 aromatic heterocycles. The largest absolute Gasteiger partial charge is 0.478 e.